The van der Waals surface area contributed by atoms with Crippen LogP contribution < -0.4 is 15.4 Å². The first-order valence-corrected chi connectivity index (χ1v) is 11.2. The first-order valence-electron chi connectivity index (χ1n) is 11.2. The van der Waals surface area contributed by atoms with Gasteiger partial charge < -0.3 is 25.0 Å². The Labute approximate surface area is 189 Å². The second kappa shape index (κ2) is 10.7. The van der Waals surface area contributed by atoms with Crippen LogP contribution >= 0.6 is 0 Å². The van der Waals surface area contributed by atoms with E-state index in [0.717, 1.165) is 49.8 Å². The second-order valence-corrected chi connectivity index (χ2v) is 9.26. The molecule has 0 saturated carbocycles. The van der Waals surface area contributed by atoms with Crippen LogP contribution in [-0.2, 0) is 4.74 Å². The summed E-state index contributed by atoms with van der Waals surface area (Å²) in [6, 6.07) is 5.52. The maximum absolute atomic E-state index is 12.7. The number of amides is 2. The predicted molar refractivity (Wildman–Crippen MR) is 123 cm³/mol. The van der Waals surface area contributed by atoms with Crippen LogP contribution in [0.5, 0.6) is 5.75 Å². The number of benzene rings is 1. The minimum Gasteiger partial charge on any atom is -0.497 e. The molecule has 2 heterocycles. The third kappa shape index (κ3) is 6.85. The topological polar surface area (TPSA) is 109 Å². The van der Waals surface area contributed by atoms with Crippen LogP contribution in [0.1, 0.15) is 50.5 Å². The summed E-state index contributed by atoms with van der Waals surface area (Å²) >= 11 is 0. The van der Waals surface area contributed by atoms with Gasteiger partial charge in [0, 0.05) is 18.5 Å². The zero-order valence-corrected chi connectivity index (χ0v) is 19.5. The highest BCUT2D eigenvalue weighted by Gasteiger charge is 2.21. The number of methoxy groups -OCH3 is 1. The third-order valence-electron chi connectivity index (χ3n) is 5.56. The molecular formula is C23H35N5O4. The molecule has 0 bridgehead atoms. The zero-order chi connectivity index (χ0) is 23.1. The molecule has 0 aliphatic carbocycles. The number of carbonyl (C=O) groups is 2. The molecule has 1 saturated heterocycles. The van der Waals surface area contributed by atoms with Crippen molar-refractivity contribution in [2.45, 2.75) is 45.6 Å². The standard InChI is InChI=1S/C23H35N5O4/c1-23(2,3)32-22(30)24-10-5-11-28-12-8-16(9-13-28)15-25-21(29)20-18-14-17(31-4)6-7-19(18)26-27-20/h6-7,14,16H,5,8-13,15H2,1-4H3,(H,24,30)(H,25,29)(H,26,27). The van der Waals surface area contributed by atoms with Gasteiger partial charge in [0.25, 0.3) is 5.91 Å². The van der Waals surface area contributed by atoms with Gasteiger partial charge >= 0.3 is 6.09 Å². The Hall–Kier alpha value is -2.81. The number of aromatic amines is 1. The molecule has 1 aromatic carbocycles. The fourth-order valence-electron chi connectivity index (χ4n) is 3.84. The van der Waals surface area contributed by atoms with Crippen LogP contribution in [0.4, 0.5) is 4.79 Å². The number of likely N-dealkylation sites (tertiary alicyclic amines) is 1. The zero-order valence-electron chi connectivity index (χ0n) is 19.5. The largest absolute Gasteiger partial charge is 0.497 e. The maximum Gasteiger partial charge on any atom is 0.407 e. The number of hydrogen-bond acceptors (Lipinski definition) is 6. The molecule has 2 aromatic rings. The van der Waals surface area contributed by atoms with Gasteiger partial charge in [0.05, 0.1) is 12.6 Å². The lowest BCUT2D eigenvalue weighted by atomic mass is 9.96. The number of alkyl carbamates (subject to hydrolysis) is 1. The van der Waals surface area contributed by atoms with Gasteiger partial charge in [-0.25, -0.2) is 4.79 Å². The Bertz CT molecular complexity index is 913. The van der Waals surface area contributed by atoms with Crippen LogP contribution in [-0.4, -0.2) is 72.5 Å². The number of nitrogens with one attached hydrogen (secondary N) is 3. The lowest BCUT2D eigenvalue weighted by Crippen LogP contribution is -2.40. The van der Waals surface area contributed by atoms with Crippen molar-refractivity contribution in [2.75, 3.05) is 39.8 Å². The highest BCUT2D eigenvalue weighted by molar-refractivity contribution is 6.05. The molecule has 0 atom stereocenters. The van der Waals surface area contributed by atoms with Crippen LogP contribution in [0.15, 0.2) is 18.2 Å². The lowest BCUT2D eigenvalue weighted by Gasteiger charge is -2.32. The molecule has 0 radical (unpaired) electrons. The first-order chi connectivity index (χ1) is 15.2. The number of carbonyl (C=O) groups excluding carboxylic acids is 2. The van der Waals surface area contributed by atoms with E-state index in [1.807, 2.05) is 39.0 Å². The lowest BCUT2D eigenvalue weighted by molar-refractivity contribution is 0.0524. The fourth-order valence-corrected chi connectivity index (χ4v) is 3.84. The van der Waals surface area contributed by atoms with Gasteiger partial charge in [-0.15, -0.1) is 0 Å². The van der Waals surface area contributed by atoms with Crippen molar-refractivity contribution in [3.05, 3.63) is 23.9 Å². The molecule has 9 heteroatoms. The van der Waals surface area contributed by atoms with Crippen LogP contribution in [0.3, 0.4) is 0 Å². The molecule has 1 aliphatic rings. The number of fused-ring (bicyclic) bond motifs is 1. The molecule has 0 unspecified atom stereocenters. The Kier molecular flexibility index (Phi) is 7.95. The SMILES string of the molecule is COc1ccc2[nH]nc(C(=O)NCC3CCN(CCCNC(=O)OC(C)(C)C)CC3)c2c1. The van der Waals surface area contributed by atoms with Gasteiger partial charge in [0.2, 0.25) is 0 Å². The first kappa shape index (κ1) is 23.8. The molecule has 2 amide bonds. The molecule has 1 fully saturated rings. The normalized spacial score (nSPS) is 15.5. The summed E-state index contributed by atoms with van der Waals surface area (Å²) in [5, 5.41) is 13.7. The van der Waals surface area contributed by atoms with Crippen molar-refractivity contribution < 1.29 is 19.1 Å². The van der Waals surface area contributed by atoms with Crippen LogP contribution in [0.25, 0.3) is 10.9 Å². The average molecular weight is 446 g/mol. The second-order valence-electron chi connectivity index (χ2n) is 9.26. The molecule has 32 heavy (non-hydrogen) atoms. The van der Waals surface area contributed by atoms with Crippen molar-refractivity contribution in [1.82, 2.24) is 25.7 Å². The maximum atomic E-state index is 12.7. The van der Waals surface area contributed by atoms with E-state index in [9.17, 15) is 9.59 Å². The molecule has 9 nitrogen and oxygen atoms in total. The molecule has 1 aliphatic heterocycles. The molecule has 1 aromatic heterocycles. The fraction of sp³-hybridized carbons (Fsp3) is 0.609. The number of aromatic nitrogens is 2. The van der Waals surface area contributed by atoms with Gasteiger partial charge in [-0.1, -0.05) is 0 Å². The quantitative estimate of drug-likeness (QED) is 0.539. The number of nitrogens with zero attached hydrogens (tertiary/aromatic N) is 2. The molecule has 3 rings (SSSR count). The molecular weight excluding hydrogens is 410 g/mol. The molecule has 0 spiro atoms. The van der Waals surface area contributed by atoms with E-state index in [1.54, 1.807) is 7.11 Å². The number of H-pyrrole nitrogens is 1. The Balaban J connectivity index is 1.35. The highest BCUT2D eigenvalue weighted by atomic mass is 16.6. The monoisotopic (exact) mass is 445 g/mol. The van der Waals surface area contributed by atoms with E-state index in [0.29, 0.717) is 30.5 Å². The van der Waals surface area contributed by atoms with Crippen molar-refractivity contribution in [3.63, 3.8) is 0 Å². The Morgan fingerprint density at radius 2 is 1.97 bits per heavy atom. The summed E-state index contributed by atoms with van der Waals surface area (Å²) in [7, 11) is 1.60. The summed E-state index contributed by atoms with van der Waals surface area (Å²) in [5.74, 6) is 0.983. The van der Waals surface area contributed by atoms with E-state index in [1.165, 1.54) is 0 Å². The summed E-state index contributed by atoms with van der Waals surface area (Å²) in [4.78, 5) is 26.7. The number of ether oxygens (including phenoxy) is 2. The number of hydrogen-bond donors (Lipinski definition) is 3. The minimum atomic E-state index is -0.474. The number of rotatable bonds is 8. The molecule has 3 N–H and O–H groups in total. The van der Waals surface area contributed by atoms with Crippen molar-refractivity contribution >= 4 is 22.9 Å². The molecule has 176 valence electrons. The van der Waals surface area contributed by atoms with E-state index in [-0.39, 0.29) is 12.0 Å². The van der Waals surface area contributed by atoms with Gasteiger partial charge in [0.1, 0.15) is 11.4 Å². The summed E-state index contributed by atoms with van der Waals surface area (Å²) in [5.41, 5.74) is 0.734. The summed E-state index contributed by atoms with van der Waals surface area (Å²) in [6.45, 7) is 9.74. The van der Waals surface area contributed by atoms with E-state index in [2.05, 4.69) is 25.7 Å². The summed E-state index contributed by atoms with van der Waals surface area (Å²) < 4.78 is 10.5. The minimum absolute atomic E-state index is 0.167. The predicted octanol–water partition coefficient (Wildman–Crippen LogP) is 2.93. The van der Waals surface area contributed by atoms with Gasteiger partial charge in [-0.05, 0) is 83.8 Å². The number of piperidine rings is 1. The van der Waals surface area contributed by atoms with Crippen molar-refractivity contribution in [1.29, 1.82) is 0 Å². The smallest absolute Gasteiger partial charge is 0.407 e. The van der Waals surface area contributed by atoms with Gasteiger partial charge in [0.15, 0.2) is 5.69 Å². The van der Waals surface area contributed by atoms with Crippen molar-refractivity contribution in [3.8, 4) is 5.75 Å². The van der Waals surface area contributed by atoms with Crippen LogP contribution in [0, 0.1) is 5.92 Å². The van der Waals surface area contributed by atoms with E-state index >= 15 is 0 Å². The highest BCUT2D eigenvalue weighted by Crippen LogP contribution is 2.22. The van der Waals surface area contributed by atoms with Gasteiger partial charge in [-0.2, -0.15) is 5.10 Å². The Morgan fingerprint density at radius 1 is 1.22 bits per heavy atom. The van der Waals surface area contributed by atoms with Crippen molar-refractivity contribution in [2.24, 2.45) is 5.92 Å². The third-order valence-corrected chi connectivity index (χ3v) is 5.56. The van der Waals surface area contributed by atoms with Gasteiger partial charge in [-0.3, -0.25) is 9.89 Å². The van der Waals surface area contributed by atoms with E-state index < -0.39 is 5.60 Å². The van der Waals surface area contributed by atoms with E-state index in [4.69, 9.17) is 9.47 Å². The van der Waals surface area contributed by atoms with Crippen LogP contribution in [0.2, 0.25) is 0 Å². The Morgan fingerprint density at radius 3 is 2.66 bits per heavy atom. The summed E-state index contributed by atoms with van der Waals surface area (Å²) in [6.07, 6.45) is 2.59. The average Bonchev–Trinajstić information content (AvgIpc) is 3.18.